The first-order chi connectivity index (χ1) is 33.2. The molecule has 1 aliphatic rings. The predicted molar refractivity (Wildman–Crippen MR) is 255 cm³/mol. The second-order valence-electron chi connectivity index (χ2n) is 16.9. The Morgan fingerprint density at radius 3 is 2.29 bits per heavy atom. The second-order valence-corrected chi connectivity index (χ2v) is 16.9. The first-order valence-corrected chi connectivity index (χ1v) is 23.2. The van der Waals surface area contributed by atoms with Gasteiger partial charge in [0.25, 0.3) is 0 Å². The molecule has 1 unspecified atom stereocenters. The summed E-state index contributed by atoms with van der Waals surface area (Å²) >= 11 is 0. The van der Waals surface area contributed by atoms with Crippen LogP contribution >= 0.6 is 0 Å². The van der Waals surface area contributed by atoms with Gasteiger partial charge in [-0.05, 0) is 49.3 Å². The molecule has 2 aromatic carbocycles. The fourth-order valence-corrected chi connectivity index (χ4v) is 7.86. The van der Waals surface area contributed by atoms with Crippen molar-refractivity contribution >= 4 is 64.1 Å². The highest BCUT2D eigenvalue weighted by atomic mass is 16.2. The number of nitrogens with two attached hydrogens (primary N) is 2. The topological polar surface area (TPSA) is 353 Å². The number of amides is 8. The number of aromatic nitrogens is 3. The molecule has 3 heterocycles. The number of nitrogens with zero attached hydrogens (tertiary/aromatic N) is 1. The number of benzene rings is 2. The third-order valence-corrected chi connectivity index (χ3v) is 11.6. The number of hydrogen-bond acceptors (Lipinski definition) is 10. The minimum absolute atomic E-state index is 0.00347. The Kier molecular flexibility index (Phi) is 20.1. The molecule has 1 aliphatic heterocycles. The zero-order chi connectivity index (χ0) is 49.7. The number of rotatable bonds is 18. The lowest BCUT2D eigenvalue weighted by Gasteiger charge is -2.27. The Balaban J connectivity index is 1.48. The fraction of sp³-hybridized carbons (Fsp3) is 0.447. The summed E-state index contributed by atoms with van der Waals surface area (Å²) in [5.41, 5.74) is 13.5. The van der Waals surface area contributed by atoms with Crippen LogP contribution < -0.4 is 54.0 Å². The summed E-state index contributed by atoms with van der Waals surface area (Å²) < 4.78 is 0. The van der Waals surface area contributed by atoms with Crippen LogP contribution in [0.15, 0.2) is 73.3 Å². The third-order valence-electron chi connectivity index (χ3n) is 11.6. The number of primary amides is 1. The molecule has 1 saturated heterocycles. The van der Waals surface area contributed by atoms with E-state index in [9.17, 15) is 38.4 Å². The van der Waals surface area contributed by atoms with Gasteiger partial charge in [-0.1, -0.05) is 74.7 Å². The molecule has 8 amide bonds. The number of unbranched alkanes of at least 4 members (excludes halogenated alkanes) is 3. The van der Waals surface area contributed by atoms with Crippen LogP contribution in [0.4, 0.5) is 0 Å². The molecule has 15 N–H and O–H groups in total. The summed E-state index contributed by atoms with van der Waals surface area (Å²) in [4.78, 5) is 121. The fourth-order valence-electron chi connectivity index (χ4n) is 7.86. The van der Waals surface area contributed by atoms with Gasteiger partial charge < -0.3 is 64.0 Å². The van der Waals surface area contributed by atoms with Gasteiger partial charge in [0.1, 0.15) is 36.3 Å². The average molecular weight is 953 g/mol. The van der Waals surface area contributed by atoms with Crippen LogP contribution in [0.25, 0.3) is 10.9 Å². The van der Waals surface area contributed by atoms with Crippen molar-refractivity contribution in [3.8, 4) is 0 Å². The lowest BCUT2D eigenvalue weighted by molar-refractivity contribution is -0.135. The molecule has 22 nitrogen and oxygen atoms in total. The van der Waals surface area contributed by atoms with Crippen molar-refractivity contribution in [3.05, 3.63) is 90.1 Å². The van der Waals surface area contributed by atoms with Gasteiger partial charge in [-0.2, -0.15) is 0 Å². The number of fused-ring (bicyclic) bond motifs is 1. The molecule has 0 aliphatic carbocycles. The maximum atomic E-state index is 14.5. The van der Waals surface area contributed by atoms with Gasteiger partial charge in [0, 0.05) is 62.1 Å². The molecule has 5 rings (SSSR count). The molecular formula is C47H64N14O8. The molecule has 22 heteroatoms. The molecule has 370 valence electrons. The minimum Gasteiger partial charge on any atom is -0.370 e. The van der Waals surface area contributed by atoms with E-state index in [-0.39, 0.29) is 70.4 Å². The number of carbonyl (C=O) groups excluding carboxylic acids is 8. The summed E-state index contributed by atoms with van der Waals surface area (Å²) in [6.07, 6.45) is 7.36. The molecule has 2 aromatic heterocycles. The van der Waals surface area contributed by atoms with Gasteiger partial charge in [-0.25, -0.2) is 4.98 Å². The van der Waals surface area contributed by atoms with Gasteiger partial charge in [0.15, 0.2) is 5.96 Å². The molecule has 0 radical (unpaired) electrons. The number of hydrogen-bond donors (Lipinski definition) is 13. The Hall–Kier alpha value is -7.78. The zero-order valence-corrected chi connectivity index (χ0v) is 38.7. The van der Waals surface area contributed by atoms with Crippen molar-refractivity contribution in [3.63, 3.8) is 0 Å². The lowest BCUT2D eigenvalue weighted by Crippen LogP contribution is -2.58. The van der Waals surface area contributed by atoms with Crippen LogP contribution in [-0.2, 0) is 51.2 Å². The van der Waals surface area contributed by atoms with Crippen LogP contribution in [0, 0.1) is 5.41 Å². The van der Waals surface area contributed by atoms with Crippen LogP contribution in [0.5, 0.6) is 0 Å². The standard InChI is InChI=1S/C47H64N14O8/c1-2-3-4-8-17-39(63)56-34-18-19-38(62)52-22-20-35(44(67)59-36(41(48)64)23-29-25-54-32-15-10-9-14-31(29)32)57-42(65)33(16-11-21-53-47(49)50)58-46(69)40(28-12-6-5-7-13-28)61-45(68)37(60-43(34)66)24-30-26-51-27-55-30/h5-7,9-10,12-15,25-27,33-37,40,54H,2-4,8,11,16-24H2,1H3,(H2,48,64)(H,51,55)(H,52,62)(H,56,63)(H,57,65)(H,58,69)(H,59,67)(H,60,66)(H,61,68)(H4,49,50,53)/t33-,34-,35-,36-,37-,40?/m0/s1. The summed E-state index contributed by atoms with van der Waals surface area (Å²) in [7, 11) is 0. The third kappa shape index (κ3) is 16.5. The average Bonchev–Trinajstić information content (AvgIpc) is 4.00. The molecule has 6 atom stereocenters. The van der Waals surface area contributed by atoms with E-state index in [1.165, 1.54) is 12.5 Å². The van der Waals surface area contributed by atoms with E-state index < -0.39 is 83.5 Å². The van der Waals surface area contributed by atoms with Gasteiger partial charge >= 0.3 is 0 Å². The van der Waals surface area contributed by atoms with Gasteiger partial charge in [0.2, 0.25) is 47.3 Å². The molecule has 0 bridgehead atoms. The highest BCUT2D eigenvalue weighted by Gasteiger charge is 2.35. The van der Waals surface area contributed by atoms with Crippen molar-refractivity contribution < 1.29 is 38.4 Å². The first-order valence-electron chi connectivity index (χ1n) is 23.2. The Labute approximate surface area is 399 Å². The van der Waals surface area contributed by atoms with E-state index in [0.29, 0.717) is 23.2 Å². The van der Waals surface area contributed by atoms with E-state index in [1.54, 1.807) is 36.5 Å². The second kappa shape index (κ2) is 26.5. The van der Waals surface area contributed by atoms with Crippen LogP contribution in [0.1, 0.15) is 94.0 Å². The number of aromatic amines is 2. The number of guanidine groups is 1. The zero-order valence-electron chi connectivity index (χ0n) is 38.7. The van der Waals surface area contributed by atoms with E-state index in [1.807, 2.05) is 31.2 Å². The maximum Gasteiger partial charge on any atom is 0.247 e. The molecular weight excluding hydrogens is 889 g/mol. The highest BCUT2D eigenvalue weighted by molar-refractivity contribution is 5.98. The summed E-state index contributed by atoms with van der Waals surface area (Å²) in [6.45, 7) is 1.99. The van der Waals surface area contributed by atoms with E-state index in [2.05, 4.69) is 57.5 Å². The molecule has 69 heavy (non-hydrogen) atoms. The number of imidazole rings is 1. The van der Waals surface area contributed by atoms with Crippen molar-refractivity contribution in [2.75, 3.05) is 13.1 Å². The van der Waals surface area contributed by atoms with E-state index in [0.717, 1.165) is 30.2 Å². The van der Waals surface area contributed by atoms with Crippen molar-refractivity contribution in [2.24, 2.45) is 11.5 Å². The lowest BCUT2D eigenvalue weighted by atomic mass is 10.0. The predicted octanol–water partition coefficient (Wildman–Crippen LogP) is -0.0232. The number of H-pyrrole nitrogens is 2. The summed E-state index contributed by atoms with van der Waals surface area (Å²) in [5, 5.41) is 30.0. The number of nitrogens with one attached hydrogen (secondary N) is 11. The molecule has 1 fully saturated rings. The summed E-state index contributed by atoms with van der Waals surface area (Å²) in [6, 6.07) is 7.51. The highest BCUT2D eigenvalue weighted by Crippen LogP contribution is 2.20. The van der Waals surface area contributed by atoms with E-state index in [4.69, 9.17) is 16.9 Å². The monoisotopic (exact) mass is 953 g/mol. The number of carbonyl (C=O) groups is 8. The largest absolute Gasteiger partial charge is 0.370 e. The van der Waals surface area contributed by atoms with Crippen molar-refractivity contribution in [1.82, 2.24) is 57.5 Å². The smallest absolute Gasteiger partial charge is 0.247 e. The Bertz CT molecular complexity index is 2390. The normalized spacial score (nSPS) is 20.3. The minimum atomic E-state index is -1.44. The van der Waals surface area contributed by atoms with Crippen molar-refractivity contribution in [1.29, 1.82) is 5.41 Å². The van der Waals surface area contributed by atoms with Gasteiger partial charge in [-0.15, -0.1) is 0 Å². The van der Waals surface area contributed by atoms with Crippen LogP contribution in [-0.4, -0.2) is 111 Å². The number of para-hydroxylation sites is 1. The Morgan fingerprint density at radius 1 is 0.826 bits per heavy atom. The van der Waals surface area contributed by atoms with Gasteiger partial charge in [0.05, 0.1) is 12.0 Å². The summed E-state index contributed by atoms with van der Waals surface area (Å²) in [5.74, 6) is -6.18. The van der Waals surface area contributed by atoms with Crippen LogP contribution in [0.3, 0.4) is 0 Å². The first kappa shape index (κ1) is 52.2. The SMILES string of the molecule is CCCCCCC(=O)N[C@H]1CCC(=O)NCC[C@@H](C(=O)N[C@@H](Cc2c[nH]c3ccccc23)C(N)=O)NC(=O)[C@H](CCCNC(=N)N)NC(=O)C(c2ccccc2)NC(=O)[C@H](Cc2c[nH]cn2)NC1=O. The van der Waals surface area contributed by atoms with E-state index >= 15 is 0 Å². The molecule has 0 saturated carbocycles. The van der Waals surface area contributed by atoms with Crippen LogP contribution in [0.2, 0.25) is 0 Å². The maximum absolute atomic E-state index is 14.5. The molecule has 0 spiro atoms. The molecule has 4 aromatic rings. The van der Waals surface area contributed by atoms with Crippen molar-refractivity contribution in [2.45, 2.75) is 120 Å². The Morgan fingerprint density at radius 2 is 1.57 bits per heavy atom. The van der Waals surface area contributed by atoms with Gasteiger partial charge in [-0.3, -0.25) is 43.8 Å². The quantitative estimate of drug-likeness (QED) is 0.0357.